The maximum atomic E-state index is 12.6. The molecule has 124 valence electrons. The van der Waals surface area contributed by atoms with Gasteiger partial charge >= 0.3 is 0 Å². The Morgan fingerprint density at radius 1 is 1.13 bits per heavy atom. The third-order valence-electron chi connectivity index (χ3n) is 3.95. The topological polar surface area (TPSA) is 58.2 Å². The molecular formula is C18H23BrN2O2. The van der Waals surface area contributed by atoms with Gasteiger partial charge in [0.15, 0.2) is 0 Å². The van der Waals surface area contributed by atoms with E-state index in [-0.39, 0.29) is 23.6 Å². The third-order valence-corrected chi connectivity index (χ3v) is 4.67. The molecule has 1 aliphatic rings. The highest BCUT2D eigenvalue weighted by Crippen LogP contribution is 2.20. The number of hydrogen-bond donors (Lipinski definition) is 2. The molecule has 0 spiro atoms. The molecule has 1 saturated carbocycles. The highest BCUT2D eigenvalue weighted by Gasteiger charge is 2.18. The van der Waals surface area contributed by atoms with Gasteiger partial charge in [0.2, 0.25) is 5.91 Å². The van der Waals surface area contributed by atoms with Crippen LogP contribution < -0.4 is 10.6 Å². The number of rotatable bonds is 4. The summed E-state index contributed by atoms with van der Waals surface area (Å²) in [6, 6.07) is 7.79. The van der Waals surface area contributed by atoms with Crippen LogP contribution in [0.3, 0.4) is 0 Å². The number of carbonyl (C=O) groups is 2. The molecule has 2 amide bonds. The maximum absolute atomic E-state index is 12.6. The monoisotopic (exact) mass is 378 g/mol. The molecule has 0 radical (unpaired) electrons. The van der Waals surface area contributed by atoms with Gasteiger partial charge in [0.1, 0.15) is 5.70 Å². The lowest BCUT2D eigenvalue weighted by molar-refractivity contribution is -0.122. The van der Waals surface area contributed by atoms with Gasteiger partial charge in [-0.05, 0) is 30.5 Å². The minimum atomic E-state index is -0.251. The Bertz CT molecular complexity index is 590. The molecule has 1 fully saturated rings. The van der Waals surface area contributed by atoms with Crippen LogP contribution in [0.2, 0.25) is 0 Å². The van der Waals surface area contributed by atoms with Gasteiger partial charge in [-0.1, -0.05) is 59.8 Å². The van der Waals surface area contributed by atoms with Gasteiger partial charge < -0.3 is 10.6 Å². The van der Waals surface area contributed by atoms with Crippen LogP contribution in [-0.2, 0) is 9.59 Å². The Morgan fingerprint density at radius 3 is 2.39 bits per heavy atom. The SMILES string of the molecule is CC(=O)NC(=Cc1ccccc1Br)C(=O)NC1CCCCCC1. The molecule has 0 atom stereocenters. The predicted molar refractivity (Wildman–Crippen MR) is 95.6 cm³/mol. The first-order valence-electron chi connectivity index (χ1n) is 8.11. The molecule has 0 bridgehead atoms. The normalized spacial score (nSPS) is 16.5. The molecule has 1 aromatic rings. The van der Waals surface area contributed by atoms with Crippen LogP contribution in [0, 0.1) is 0 Å². The summed E-state index contributed by atoms with van der Waals surface area (Å²) in [5.74, 6) is -0.470. The second-order valence-corrected chi connectivity index (χ2v) is 6.78. The van der Waals surface area contributed by atoms with E-state index in [1.165, 1.54) is 19.8 Å². The number of benzene rings is 1. The van der Waals surface area contributed by atoms with Crippen molar-refractivity contribution in [3.8, 4) is 0 Å². The average molecular weight is 379 g/mol. The molecule has 1 aromatic carbocycles. The van der Waals surface area contributed by atoms with Crippen molar-refractivity contribution in [2.24, 2.45) is 0 Å². The third kappa shape index (κ3) is 5.82. The number of amides is 2. The largest absolute Gasteiger partial charge is 0.348 e. The van der Waals surface area contributed by atoms with Gasteiger partial charge in [-0.2, -0.15) is 0 Å². The fourth-order valence-electron chi connectivity index (χ4n) is 2.78. The van der Waals surface area contributed by atoms with E-state index in [1.807, 2.05) is 24.3 Å². The van der Waals surface area contributed by atoms with Crippen molar-refractivity contribution in [2.75, 3.05) is 0 Å². The maximum Gasteiger partial charge on any atom is 0.268 e. The van der Waals surface area contributed by atoms with Gasteiger partial charge in [-0.15, -0.1) is 0 Å². The van der Waals surface area contributed by atoms with Crippen LogP contribution in [0.25, 0.3) is 6.08 Å². The van der Waals surface area contributed by atoms with Crippen molar-refractivity contribution in [2.45, 2.75) is 51.5 Å². The zero-order chi connectivity index (χ0) is 16.7. The van der Waals surface area contributed by atoms with Gasteiger partial charge in [-0.25, -0.2) is 0 Å². The first-order valence-corrected chi connectivity index (χ1v) is 8.90. The fraction of sp³-hybridized carbons (Fsp3) is 0.444. The van der Waals surface area contributed by atoms with Gasteiger partial charge in [0.25, 0.3) is 5.91 Å². The van der Waals surface area contributed by atoms with E-state index in [0.29, 0.717) is 0 Å². The van der Waals surface area contributed by atoms with Gasteiger partial charge in [0.05, 0.1) is 0 Å². The summed E-state index contributed by atoms with van der Waals surface area (Å²) >= 11 is 3.46. The quantitative estimate of drug-likeness (QED) is 0.618. The summed E-state index contributed by atoms with van der Waals surface area (Å²) in [6.45, 7) is 1.41. The second kappa shape index (κ2) is 8.87. The Morgan fingerprint density at radius 2 is 1.78 bits per heavy atom. The van der Waals surface area contributed by atoms with Crippen LogP contribution in [0.15, 0.2) is 34.4 Å². The number of carbonyl (C=O) groups excluding carboxylic acids is 2. The zero-order valence-electron chi connectivity index (χ0n) is 13.4. The summed E-state index contributed by atoms with van der Waals surface area (Å²) in [5, 5.41) is 5.72. The molecule has 2 N–H and O–H groups in total. The smallest absolute Gasteiger partial charge is 0.268 e. The minimum absolute atomic E-state index is 0.196. The Balaban J connectivity index is 2.15. The molecule has 0 unspecified atom stereocenters. The van der Waals surface area contributed by atoms with Crippen LogP contribution in [0.4, 0.5) is 0 Å². The summed E-state index contributed by atoms with van der Waals surface area (Å²) in [6.07, 6.45) is 8.48. The summed E-state index contributed by atoms with van der Waals surface area (Å²) < 4.78 is 0.880. The zero-order valence-corrected chi connectivity index (χ0v) is 15.0. The molecule has 2 rings (SSSR count). The van der Waals surface area contributed by atoms with Crippen molar-refractivity contribution >= 4 is 33.8 Å². The molecule has 23 heavy (non-hydrogen) atoms. The summed E-state index contributed by atoms with van der Waals surface area (Å²) in [5.41, 5.74) is 1.14. The van der Waals surface area contributed by atoms with E-state index < -0.39 is 0 Å². The lowest BCUT2D eigenvalue weighted by Gasteiger charge is -2.18. The van der Waals surface area contributed by atoms with Crippen molar-refractivity contribution in [3.63, 3.8) is 0 Å². The van der Waals surface area contributed by atoms with Crippen molar-refractivity contribution < 1.29 is 9.59 Å². The van der Waals surface area contributed by atoms with Crippen LogP contribution in [0.1, 0.15) is 51.0 Å². The van der Waals surface area contributed by atoms with Crippen molar-refractivity contribution in [1.29, 1.82) is 0 Å². The number of halogens is 1. The molecule has 4 nitrogen and oxygen atoms in total. The standard InChI is InChI=1S/C18H23BrN2O2/c1-13(22)20-17(12-14-8-6-7-11-16(14)19)18(23)21-15-9-4-2-3-5-10-15/h6-8,11-12,15H,2-5,9-10H2,1H3,(H,20,22)(H,21,23). The molecular weight excluding hydrogens is 356 g/mol. The predicted octanol–water partition coefficient (Wildman–Crippen LogP) is 3.77. The van der Waals surface area contributed by atoms with Crippen LogP contribution >= 0.6 is 15.9 Å². The number of nitrogens with one attached hydrogen (secondary N) is 2. The van der Waals surface area contributed by atoms with E-state index in [4.69, 9.17) is 0 Å². The Labute approximate surface area is 145 Å². The van der Waals surface area contributed by atoms with E-state index in [9.17, 15) is 9.59 Å². The van der Waals surface area contributed by atoms with E-state index >= 15 is 0 Å². The first kappa shape index (κ1) is 17.7. The van der Waals surface area contributed by atoms with Crippen LogP contribution in [0.5, 0.6) is 0 Å². The van der Waals surface area contributed by atoms with E-state index in [2.05, 4.69) is 26.6 Å². The molecule has 1 aliphatic carbocycles. The van der Waals surface area contributed by atoms with E-state index in [0.717, 1.165) is 35.7 Å². The fourth-order valence-corrected chi connectivity index (χ4v) is 3.18. The first-order chi connectivity index (χ1) is 11.1. The Kier molecular flexibility index (Phi) is 6.84. The molecule has 0 aromatic heterocycles. The molecule has 0 heterocycles. The lowest BCUT2D eigenvalue weighted by atomic mass is 10.1. The lowest BCUT2D eigenvalue weighted by Crippen LogP contribution is -2.39. The van der Waals surface area contributed by atoms with Crippen LogP contribution in [-0.4, -0.2) is 17.9 Å². The highest BCUT2D eigenvalue weighted by molar-refractivity contribution is 9.10. The second-order valence-electron chi connectivity index (χ2n) is 5.92. The molecule has 0 saturated heterocycles. The van der Waals surface area contributed by atoms with E-state index in [1.54, 1.807) is 6.08 Å². The van der Waals surface area contributed by atoms with Gasteiger partial charge in [0, 0.05) is 17.4 Å². The molecule has 5 heteroatoms. The average Bonchev–Trinajstić information content (AvgIpc) is 2.77. The molecule has 0 aliphatic heterocycles. The van der Waals surface area contributed by atoms with Crippen molar-refractivity contribution in [3.05, 3.63) is 40.0 Å². The summed E-state index contributed by atoms with van der Waals surface area (Å²) in [7, 11) is 0. The van der Waals surface area contributed by atoms with Crippen molar-refractivity contribution in [1.82, 2.24) is 10.6 Å². The summed E-state index contributed by atoms with van der Waals surface area (Å²) in [4.78, 5) is 24.0. The Hall–Kier alpha value is -1.62. The minimum Gasteiger partial charge on any atom is -0.348 e. The number of hydrogen-bond acceptors (Lipinski definition) is 2. The highest BCUT2D eigenvalue weighted by atomic mass is 79.9. The van der Waals surface area contributed by atoms with Gasteiger partial charge in [-0.3, -0.25) is 9.59 Å².